The first-order valence-electron chi connectivity index (χ1n) is 15.4. The maximum atomic E-state index is 13.0. The Morgan fingerprint density at radius 1 is 1.14 bits per heavy atom. The average Bonchev–Trinajstić information content (AvgIpc) is 2.93. The van der Waals surface area contributed by atoms with Crippen LogP contribution in [0, 0.1) is 5.92 Å². The number of piperazine rings is 1. The van der Waals surface area contributed by atoms with Crippen molar-refractivity contribution in [3.8, 4) is 0 Å². The Bertz CT molecular complexity index is 1290. The van der Waals surface area contributed by atoms with Crippen LogP contribution in [-0.4, -0.2) is 70.7 Å². The molecule has 1 amide bonds. The molecule has 0 saturated carbocycles. The van der Waals surface area contributed by atoms with Crippen LogP contribution in [0.1, 0.15) is 54.0 Å². The van der Waals surface area contributed by atoms with Gasteiger partial charge in [-0.2, -0.15) is 13.2 Å². The predicted molar refractivity (Wildman–Crippen MR) is 130 cm³/mol. The molecule has 1 aromatic heterocycles. The normalized spacial score (nSPS) is 27.7. The molecule has 0 bridgehead atoms. The summed E-state index contributed by atoms with van der Waals surface area (Å²) in [5.74, 6) is 0.191. The van der Waals surface area contributed by atoms with Gasteiger partial charge in [0.05, 0.1) is 37.9 Å². The van der Waals surface area contributed by atoms with Crippen LogP contribution in [0.15, 0.2) is 42.6 Å². The highest BCUT2D eigenvalue weighted by Crippen LogP contribution is 2.28. The molecule has 1 aromatic carbocycles. The van der Waals surface area contributed by atoms with Gasteiger partial charge < -0.3 is 9.64 Å². The van der Waals surface area contributed by atoms with Crippen LogP contribution in [0.25, 0.3) is 0 Å². The van der Waals surface area contributed by atoms with Gasteiger partial charge in [-0.15, -0.1) is 0 Å². The van der Waals surface area contributed by atoms with Gasteiger partial charge in [0, 0.05) is 22.4 Å². The van der Waals surface area contributed by atoms with Crippen molar-refractivity contribution in [2.45, 2.75) is 57.9 Å². The molecule has 36 heavy (non-hydrogen) atoms. The quantitative estimate of drug-likeness (QED) is 0.553. The Morgan fingerprint density at radius 2 is 1.86 bits per heavy atom. The lowest BCUT2D eigenvalue weighted by molar-refractivity contribution is -0.141. The summed E-state index contributed by atoms with van der Waals surface area (Å²) in [7, 11) is 0. The molecular weight excluding hydrogens is 471 g/mol. The SMILES string of the molecule is [2H]c1c([2H])c([2H])c(CN2CCC(CCOC(=O)N3[C@H](C)CN(c4cnc(C(F)(F)F)cn4)C[C@H]3C)CC2([2H])[2H])c([2H])c1[2H]. The van der Waals surface area contributed by atoms with E-state index in [1.54, 1.807) is 23.6 Å². The number of amides is 1. The van der Waals surface area contributed by atoms with E-state index in [0.29, 0.717) is 38.7 Å². The van der Waals surface area contributed by atoms with E-state index >= 15 is 0 Å². The summed E-state index contributed by atoms with van der Waals surface area (Å²) in [5.41, 5.74) is -1.02. The molecule has 2 aliphatic rings. The van der Waals surface area contributed by atoms with Gasteiger partial charge in [-0.1, -0.05) is 30.2 Å². The van der Waals surface area contributed by atoms with Crippen molar-refractivity contribution in [1.82, 2.24) is 19.8 Å². The summed E-state index contributed by atoms with van der Waals surface area (Å²) in [6.45, 7) is 2.73. The molecule has 196 valence electrons. The van der Waals surface area contributed by atoms with E-state index in [1.165, 1.54) is 4.90 Å². The van der Waals surface area contributed by atoms with Crippen LogP contribution in [0.5, 0.6) is 0 Å². The zero-order chi connectivity index (χ0) is 31.9. The molecule has 0 spiro atoms. The fourth-order valence-electron chi connectivity index (χ4n) is 4.59. The summed E-state index contributed by atoms with van der Waals surface area (Å²) >= 11 is 0. The van der Waals surface area contributed by atoms with E-state index in [1.807, 2.05) is 0 Å². The first kappa shape index (κ1) is 18.4. The molecule has 3 atom stereocenters. The first-order chi connectivity index (χ1) is 20.0. The number of aromatic nitrogens is 2. The number of nitrogens with zero attached hydrogens (tertiary/aromatic N) is 5. The van der Waals surface area contributed by atoms with Gasteiger partial charge in [-0.25, -0.2) is 14.8 Å². The van der Waals surface area contributed by atoms with Crippen molar-refractivity contribution >= 4 is 11.9 Å². The van der Waals surface area contributed by atoms with E-state index in [4.69, 9.17) is 14.3 Å². The monoisotopic (exact) mass is 512 g/mol. The third-order valence-corrected chi connectivity index (χ3v) is 6.45. The van der Waals surface area contributed by atoms with Crippen LogP contribution in [0.2, 0.25) is 0 Å². The number of anilines is 1. The van der Waals surface area contributed by atoms with E-state index in [2.05, 4.69) is 9.97 Å². The number of rotatable bonds is 6. The fourth-order valence-corrected chi connectivity index (χ4v) is 4.59. The van der Waals surface area contributed by atoms with Crippen molar-refractivity contribution in [2.75, 3.05) is 37.6 Å². The second-order valence-electron chi connectivity index (χ2n) is 9.21. The van der Waals surface area contributed by atoms with Crippen molar-refractivity contribution < 1.29 is 32.3 Å². The van der Waals surface area contributed by atoms with Gasteiger partial charge in [-0.05, 0) is 57.6 Å². The minimum Gasteiger partial charge on any atom is -0.449 e. The second-order valence-corrected chi connectivity index (χ2v) is 9.21. The Kier molecular flexibility index (Phi) is 5.85. The molecule has 0 radical (unpaired) electrons. The Morgan fingerprint density at radius 3 is 2.47 bits per heavy atom. The molecule has 3 heterocycles. The lowest BCUT2D eigenvalue weighted by atomic mass is 9.93. The topological polar surface area (TPSA) is 61.8 Å². The molecule has 10 heteroatoms. The number of carbonyl (C=O) groups is 1. The maximum absolute atomic E-state index is 13.0. The second kappa shape index (κ2) is 11.5. The molecule has 1 unspecified atom stereocenters. The van der Waals surface area contributed by atoms with Crippen LogP contribution < -0.4 is 4.90 Å². The van der Waals surface area contributed by atoms with Gasteiger partial charge in [0.2, 0.25) is 0 Å². The minimum atomic E-state index is -4.58. The first-order valence-corrected chi connectivity index (χ1v) is 11.9. The zero-order valence-electron chi connectivity index (χ0n) is 27.2. The van der Waals surface area contributed by atoms with E-state index in [-0.39, 0.29) is 61.0 Å². The van der Waals surface area contributed by atoms with E-state index < -0.39 is 42.6 Å². The van der Waals surface area contributed by atoms with Crippen LogP contribution in [0.4, 0.5) is 23.8 Å². The lowest BCUT2D eigenvalue weighted by Gasteiger charge is -2.44. The molecule has 4 rings (SSSR count). The van der Waals surface area contributed by atoms with Gasteiger partial charge in [0.1, 0.15) is 5.82 Å². The van der Waals surface area contributed by atoms with Gasteiger partial charge in [-0.3, -0.25) is 9.80 Å². The third kappa shape index (κ3) is 6.66. The highest BCUT2D eigenvalue weighted by molar-refractivity contribution is 5.69. The summed E-state index contributed by atoms with van der Waals surface area (Å²) < 4.78 is 101. The summed E-state index contributed by atoms with van der Waals surface area (Å²) in [6, 6.07) is -2.72. The number of ether oxygens (including phenoxy) is 1. The average molecular weight is 513 g/mol. The number of alkyl halides is 3. The van der Waals surface area contributed by atoms with E-state index in [9.17, 15) is 18.0 Å². The highest BCUT2D eigenvalue weighted by Gasteiger charge is 2.36. The van der Waals surface area contributed by atoms with Crippen molar-refractivity contribution in [1.29, 1.82) is 0 Å². The maximum Gasteiger partial charge on any atom is 0.434 e. The number of hydrogen-bond donors (Lipinski definition) is 0. The van der Waals surface area contributed by atoms with Crippen molar-refractivity contribution in [3.05, 3.63) is 53.9 Å². The molecule has 0 aliphatic carbocycles. The number of halogens is 3. The Hall–Kier alpha value is -2.88. The predicted octanol–water partition coefficient (Wildman–Crippen LogP) is 4.83. The smallest absolute Gasteiger partial charge is 0.434 e. The Labute approximate surface area is 220 Å². The number of carbonyl (C=O) groups excluding carboxylic acids is 1. The lowest BCUT2D eigenvalue weighted by Crippen LogP contribution is -2.59. The molecular formula is C26H34F3N5O2. The number of hydrogen-bond acceptors (Lipinski definition) is 6. The number of likely N-dealkylation sites (tertiary alicyclic amines) is 1. The van der Waals surface area contributed by atoms with Crippen LogP contribution >= 0.6 is 0 Å². The minimum absolute atomic E-state index is 0.0518. The fraction of sp³-hybridized carbons (Fsp3) is 0.577. The molecule has 7 nitrogen and oxygen atoms in total. The van der Waals surface area contributed by atoms with Crippen LogP contribution in [-0.2, 0) is 17.5 Å². The molecule has 2 saturated heterocycles. The van der Waals surface area contributed by atoms with Crippen molar-refractivity contribution in [3.63, 3.8) is 0 Å². The summed E-state index contributed by atoms with van der Waals surface area (Å²) in [6.07, 6.45) is -2.21. The third-order valence-electron chi connectivity index (χ3n) is 6.45. The summed E-state index contributed by atoms with van der Waals surface area (Å²) in [4.78, 5) is 25.1. The number of benzene rings is 1. The largest absolute Gasteiger partial charge is 0.449 e. The van der Waals surface area contributed by atoms with Gasteiger partial charge >= 0.3 is 12.3 Å². The van der Waals surface area contributed by atoms with Gasteiger partial charge in [0.15, 0.2) is 5.69 Å². The standard InChI is InChI=1S/C26H34F3N5O2/c1-19-16-33(24-15-30-23(14-31-24)26(27,28)29)17-20(2)34(19)25(35)36-13-10-21-8-11-32(12-9-21)18-22-6-4-3-5-7-22/h3-7,14-15,19-21H,8-13,16-18H2,1-2H3/t19-,20-/m1/s1/i3D,4D,5D,6D,7D,11D2/t19-,20-,21?. The van der Waals surface area contributed by atoms with Crippen LogP contribution in [0.3, 0.4) is 0 Å². The Balaban J connectivity index is 1.28. The van der Waals surface area contributed by atoms with E-state index in [0.717, 1.165) is 6.20 Å². The molecule has 0 N–H and O–H groups in total. The van der Waals surface area contributed by atoms with Gasteiger partial charge in [0.25, 0.3) is 0 Å². The molecule has 2 aromatic rings. The zero-order valence-corrected chi connectivity index (χ0v) is 20.2. The number of piperidine rings is 1. The molecule has 2 fully saturated rings. The summed E-state index contributed by atoms with van der Waals surface area (Å²) in [5, 5.41) is 0. The van der Waals surface area contributed by atoms with Crippen molar-refractivity contribution in [2.24, 2.45) is 5.92 Å². The molecule has 2 aliphatic heterocycles. The highest BCUT2D eigenvalue weighted by atomic mass is 19.4.